The van der Waals surface area contributed by atoms with Crippen LogP contribution in [0.25, 0.3) is 17.0 Å². The highest BCUT2D eigenvalue weighted by molar-refractivity contribution is 5.97. The van der Waals surface area contributed by atoms with Crippen LogP contribution in [-0.2, 0) is 11.8 Å². The van der Waals surface area contributed by atoms with E-state index in [0.29, 0.717) is 5.88 Å². The number of carbonyl (C=O) groups is 1. The van der Waals surface area contributed by atoms with E-state index in [4.69, 9.17) is 10.5 Å². The quantitative estimate of drug-likeness (QED) is 0.736. The van der Waals surface area contributed by atoms with Gasteiger partial charge in [0.2, 0.25) is 11.8 Å². The first-order valence-corrected chi connectivity index (χ1v) is 7.78. The number of aromatic nitrogens is 1. The fourth-order valence-electron chi connectivity index (χ4n) is 2.79. The summed E-state index contributed by atoms with van der Waals surface area (Å²) < 4.78 is 8.21. The molecule has 4 nitrogen and oxygen atoms in total. The van der Waals surface area contributed by atoms with E-state index in [2.05, 4.69) is 13.0 Å². The van der Waals surface area contributed by atoms with Crippen LogP contribution >= 0.6 is 0 Å². The summed E-state index contributed by atoms with van der Waals surface area (Å²) in [6.07, 6.45) is 3.07. The van der Waals surface area contributed by atoms with Crippen LogP contribution in [-0.4, -0.2) is 10.5 Å². The van der Waals surface area contributed by atoms with Gasteiger partial charge in [0, 0.05) is 24.1 Å². The summed E-state index contributed by atoms with van der Waals surface area (Å²) in [6, 6.07) is 13.9. The van der Waals surface area contributed by atoms with Crippen molar-refractivity contribution in [1.82, 2.24) is 4.57 Å². The van der Waals surface area contributed by atoms with Gasteiger partial charge in [0.25, 0.3) is 0 Å². The SMILES string of the molecule is Cc1cccc(Oc2c(/C=C\C(N)=O)c3ccccc3n2C)c1C. The van der Waals surface area contributed by atoms with Gasteiger partial charge >= 0.3 is 0 Å². The first-order valence-electron chi connectivity index (χ1n) is 7.78. The highest BCUT2D eigenvalue weighted by Gasteiger charge is 2.16. The number of hydrogen-bond acceptors (Lipinski definition) is 2. The number of carbonyl (C=O) groups excluding carboxylic acids is 1. The molecule has 1 heterocycles. The van der Waals surface area contributed by atoms with E-state index in [1.807, 2.05) is 54.9 Å². The molecular weight excluding hydrogens is 300 g/mol. The number of aryl methyl sites for hydroxylation is 2. The number of rotatable bonds is 4. The van der Waals surface area contributed by atoms with Crippen molar-refractivity contribution >= 4 is 22.9 Å². The summed E-state index contributed by atoms with van der Waals surface area (Å²) in [6.45, 7) is 4.09. The third kappa shape index (κ3) is 2.78. The molecule has 0 bridgehead atoms. The van der Waals surface area contributed by atoms with E-state index in [-0.39, 0.29) is 0 Å². The van der Waals surface area contributed by atoms with Gasteiger partial charge in [-0.2, -0.15) is 0 Å². The molecule has 0 radical (unpaired) electrons. The summed E-state index contributed by atoms with van der Waals surface area (Å²) in [5.74, 6) is 0.998. The van der Waals surface area contributed by atoms with Crippen LogP contribution < -0.4 is 10.5 Å². The lowest BCUT2D eigenvalue weighted by molar-refractivity contribution is -0.113. The number of fused-ring (bicyclic) bond motifs is 1. The monoisotopic (exact) mass is 320 g/mol. The van der Waals surface area contributed by atoms with E-state index in [9.17, 15) is 4.79 Å². The summed E-state index contributed by atoms with van der Waals surface area (Å²) in [5.41, 5.74) is 9.39. The van der Waals surface area contributed by atoms with Crippen molar-refractivity contribution in [2.24, 2.45) is 12.8 Å². The van der Waals surface area contributed by atoms with E-state index in [1.54, 1.807) is 6.08 Å². The van der Waals surface area contributed by atoms with Gasteiger partial charge in [-0.05, 0) is 43.2 Å². The summed E-state index contributed by atoms with van der Waals surface area (Å²) in [4.78, 5) is 11.2. The minimum Gasteiger partial charge on any atom is -0.440 e. The Balaban J connectivity index is 2.19. The maximum atomic E-state index is 11.2. The highest BCUT2D eigenvalue weighted by atomic mass is 16.5. The molecule has 24 heavy (non-hydrogen) atoms. The van der Waals surface area contributed by atoms with Crippen molar-refractivity contribution in [1.29, 1.82) is 0 Å². The van der Waals surface area contributed by atoms with Gasteiger partial charge in [0.15, 0.2) is 0 Å². The van der Waals surface area contributed by atoms with Crippen LogP contribution in [0.3, 0.4) is 0 Å². The molecule has 3 aromatic rings. The van der Waals surface area contributed by atoms with E-state index < -0.39 is 5.91 Å². The smallest absolute Gasteiger partial charge is 0.241 e. The number of nitrogens with zero attached hydrogens (tertiary/aromatic N) is 1. The van der Waals surface area contributed by atoms with Gasteiger partial charge in [-0.25, -0.2) is 0 Å². The molecule has 0 aliphatic carbocycles. The molecule has 1 amide bonds. The molecule has 0 aliphatic rings. The van der Waals surface area contributed by atoms with Crippen LogP contribution in [0.1, 0.15) is 16.7 Å². The van der Waals surface area contributed by atoms with Gasteiger partial charge in [-0.1, -0.05) is 30.3 Å². The Kier molecular flexibility index (Phi) is 4.13. The molecule has 4 heteroatoms. The molecule has 3 rings (SSSR count). The van der Waals surface area contributed by atoms with Crippen molar-refractivity contribution in [2.75, 3.05) is 0 Å². The van der Waals surface area contributed by atoms with Gasteiger partial charge in [0.1, 0.15) is 5.75 Å². The predicted molar refractivity (Wildman–Crippen MR) is 97.1 cm³/mol. The summed E-state index contributed by atoms with van der Waals surface area (Å²) in [5, 5.41) is 1.01. The van der Waals surface area contributed by atoms with E-state index >= 15 is 0 Å². The molecule has 0 unspecified atom stereocenters. The van der Waals surface area contributed by atoms with Crippen molar-refractivity contribution in [3.05, 3.63) is 65.2 Å². The van der Waals surface area contributed by atoms with Crippen LogP contribution in [0.4, 0.5) is 0 Å². The number of para-hydroxylation sites is 1. The Hall–Kier alpha value is -3.01. The lowest BCUT2D eigenvalue weighted by atomic mass is 10.1. The normalized spacial score (nSPS) is 11.3. The van der Waals surface area contributed by atoms with Crippen LogP contribution in [0.15, 0.2) is 48.5 Å². The van der Waals surface area contributed by atoms with Crippen molar-refractivity contribution in [2.45, 2.75) is 13.8 Å². The second-order valence-electron chi connectivity index (χ2n) is 5.83. The Morgan fingerprint density at radius 2 is 1.88 bits per heavy atom. The second kappa shape index (κ2) is 6.24. The molecular formula is C20H20N2O2. The number of primary amides is 1. The number of nitrogens with two attached hydrogens (primary N) is 1. The molecule has 0 aliphatic heterocycles. The largest absolute Gasteiger partial charge is 0.440 e. The third-order valence-electron chi connectivity index (χ3n) is 4.27. The number of hydrogen-bond donors (Lipinski definition) is 1. The molecule has 0 fully saturated rings. The average molecular weight is 320 g/mol. The molecule has 1 aromatic heterocycles. The zero-order chi connectivity index (χ0) is 17.3. The first-order chi connectivity index (χ1) is 11.5. The van der Waals surface area contributed by atoms with Gasteiger partial charge in [0.05, 0.1) is 5.52 Å². The summed E-state index contributed by atoms with van der Waals surface area (Å²) >= 11 is 0. The fraction of sp³-hybridized carbons (Fsp3) is 0.150. The van der Waals surface area contributed by atoms with Gasteiger partial charge in [-0.15, -0.1) is 0 Å². The van der Waals surface area contributed by atoms with E-state index in [1.165, 1.54) is 11.6 Å². The lowest BCUT2D eigenvalue weighted by Crippen LogP contribution is -2.05. The molecule has 0 atom stereocenters. The predicted octanol–water partition coefficient (Wildman–Crippen LogP) is 4.09. The topological polar surface area (TPSA) is 57.2 Å². The van der Waals surface area contributed by atoms with Crippen molar-refractivity contribution in [3.63, 3.8) is 0 Å². The standard InChI is InChI=1S/C20H20N2O2/c1-13-7-6-10-18(14(13)2)24-20-16(11-12-19(21)23)15-8-4-5-9-17(15)22(20)3/h4-12H,1-3H3,(H2,21,23)/b12-11-. The first kappa shape index (κ1) is 15.9. The Morgan fingerprint density at radius 3 is 2.62 bits per heavy atom. The maximum Gasteiger partial charge on any atom is 0.241 e. The lowest BCUT2D eigenvalue weighted by Gasteiger charge is -2.12. The van der Waals surface area contributed by atoms with E-state index in [0.717, 1.165) is 27.8 Å². The van der Waals surface area contributed by atoms with Crippen LogP contribution in [0.2, 0.25) is 0 Å². The number of benzene rings is 2. The Labute approximate surface area is 141 Å². The van der Waals surface area contributed by atoms with Crippen LogP contribution in [0.5, 0.6) is 11.6 Å². The molecule has 0 spiro atoms. The zero-order valence-corrected chi connectivity index (χ0v) is 14.0. The molecule has 0 saturated heterocycles. The molecule has 2 aromatic carbocycles. The number of ether oxygens (including phenoxy) is 1. The third-order valence-corrected chi connectivity index (χ3v) is 4.27. The highest BCUT2D eigenvalue weighted by Crippen LogP contribution is 2.36. The fourth-order valence-corrected chi connectivity index (χ4v) is 2.79. The molecule has 122 valence electrons. The average Bonchev–Trinajstić information content (AvgIpc) is 2.82. The minimum atomic E-state index is -0.486. The minimum absolute atomic E-state index is 0.486. The van der Waals surface area contributed by atoms with Crippen molar-refractivity contribution in [3.8, 4) is 11.6 Å². The Bertz CT molecular complexity index is 952. The maximum absolute atomic E-state index is 11.2. The molecule has 2 N–H and O–H groups in total. The molecule has 0 saturated carbocycles. The van der Waals surface area contributed by atoms with Gasteiger partial charge in [-0.3, -0.25) is 4.79 Å². The van der Waals surface area contributed by atoms with Gasteiger partial charge < -0.3 is 15.0 Å². The zero-order valence-electron chi connectivity index (χ0n) is 14.0. The summed E-state index contributed by atoms with van der Waals surface area (Å²) in [7, 11) is 1.95. The Morgan fingerprint density at radius 1 is 1.12 bits per heavy atom. The van der Waals surface area contributed by atoms with Crippen molar-refractivity contribution < 1.29 is 9.53 Å². The number of amides is 1. The second-order valence-corrected chi connectivity index (χ2v) is 5.83. The van der Waals surface area contributed by atoms with Crippen LogP contribution in [0, 0.1) is 13.8 Å².